The number of amides is 1. The lowest BCUT2D eigenvalue weighted by Crippen LogP contribution is -2.15. The van der Waals surface area contributed by atoms with E-state index < -0.39 is 22.7 Å². The number of aromatic nitrogens is 1. The maximum atomic E-state index is 12.8. The number of alkyl halides is 3. The Bertz CT molecular complexity index is 894. The third kappa shape index (κ3) is 4.45. The lowest BCUT2D eigenvalue weighted by molar-refractivity contribution is -0.137. The molecule has 0 spiro atoms. The number of benzene rings is 2. The predicted octanol–water partition coefficient (Wildman–Crippen LogP) is 5.70. The molecule has 2 aromatic carbocycles. The second kappa shape index (κ2) is 7.23. The molecule has 1 amide bonds. The van der Waals surface area contributed by atoms with Gasteiger partial charge in [-0.15, -0.1) is 11.3 Å². The number of thioether (sulfide) groups is 1. The van der Waals surface area contributed by atoms with Crippen LogP contribution in [0.25, 0.3) is 10.2 Å². The summed E-state index contributed by atoms with van der Waals surface area (Å²) in [6, 6.07) is 10.9. The van der Waals surface area contributed by atoms with Crippen LogP contribution in [0.15, 0.2) is 46.8 Å². The lowest BCUT2D eigenvalue weighted by atomic mass is 10.2. The highest BCUT2D eigenvalue weighted by Crippen LogP contribution is 2.36. The SMILES string of the molecule is O=C(CSc1nc2ccccc2s1)Nc1ccc(Cl)c(C(F)(F)F)c1. The molecule has 0 aliphatic heterocycles. The summed E-state index contributed by atoms with van der Waals surface area (Å²) >= 11 is 8.25. The van der Waals surface area contributed by atoms with E-state index in [2.05, 4.69) is 10.3 Å². The molecule has 0 bridgehead atoms. The first-order chi connectivity index (χ1) is 11.8. The highest BCUT2D eigenvalue weighted by atomic mass is 35.5. The molecule has 130 valence electrons. The minimum Gasteiger partial charge on any atom is -0.325 e. The van der Waals surface area contributed by atoms with Crippen molar-refractivity contribution < 1.29 is 18.0 Å². The molecule has 3 nitrogen and oxygen atoms in total. The first-order valence-corrected chi connectivity index (χ1v) is 9.16. The first kappa shape index (κ1) is 18.0. The normalized spacial score (nSPS) is 11.7. The van der Waals surface area contributed by atoms with Gasteiger partial charge in [-0.1, -0.05) is 35.5 Å². The Morgan fingerprint density at radius 3 is 2.72 bits per heavy atom. The van der Waals surface area contributed by atoms with Gasteiger partial charge in [0.1, 0.15) is 0 Å². The van der Waals surface area contributed by atoms with E-state index in [0.717, 1.165) is 26.7 Å². The molecule has 1 N–H and O–H groups in total. The van der Waals surface area contributed by atoms with Crippen molar-refractivity contribution in [1.82, 2.24) is 4.98 Å². The molecule has 0 aliphatic rings. The minimum atomic E-state index is -4.58. The number of thiazole rings is 1. The first-order valence-electron chi connectivity index (χ1n) is 6.98. The van der Waals surface area contributed by atoms with E-state index in [4.69, 9.17) is 11.6 Å². The van der Waals surface area contributed by atoms with Gasteiger partial charge in [0.05, 0.1) is 26.6 Å². The molecule has 0 fully saturated rings. The molecule has 0 aliphatic carbocycles. The van der Waals surface area contributed by atoms with Gasteiger partial charge in [-0.25, -0.2) is 4.98 Å². The van der Waals surface area contributed by atoms with Crippen molar-refractivity contribution in [3.05, 3.63) is 53.1 Å². The van der Waals surface area contributed by atoms with Gasteiger partial charge >= 0.3 is 6.18 Å². The van der Waals surface area contributed by atoms with Crippen molar-refractivity contribution in [3.63, 3.8) is 0 Å². The highest BCUT2D eigenvalue weighted by molar-refractivity contribution is 8.01. The number of nitrogens with zero attached hydrogens (tertiary/aromatic N) is 1. The Hall–Kier alpha value is -1.77. The third-order valence-corrected chi connectivity index (χ3v) is 5.67. The van der Waals surface area contributed by atoms with E-state index in [1.165, 1.54) is 29.2 Å². The zero-order valence-corrected chi connectivity index (χ0v) is 14.8. The van der Waals surface area contributed by atoms with E-state index in [1.54, 1.807) is 0 Å². The quantitative estimate of drug-likeness (QED) is 0.569. The molecule has 0 unspecified atom stereocenters. The summed E-state index contributed by atoms with van der Waals surface area (Å²) in [5, 5.41) is 2.04. The van der Waals surface area contributed by atoms with Crippen molar-refractivity contribution >= 4 is 56.5 Å². The van der Waals surface area contributed by atoms with Gasteiger partial charge in [0.25, 0.3) is 0 Å². The van der Waals surface area contributed by atoms with E-state index in [-0.39, 0.29) is 11.4 Å². The van der Waals surface area contributed by atoms with E-state index in [9.17, 15) is 18.0 Å². The van der Waals surface area contributed by atoms with Gasteiger partial charge < -0.3 is 5.32 Å². The summed E-state index contributed by atoms with van der Waals surface area (Å²) in [7, 11) is 0. The number of rotatable bonds is 4. The Morgan fingerprint density at radius 1 is 1.24 bits per heavy atom. The molecular weight excluding hydrogens is 393 g/mol. The monoisotopic (exact) mass is 402 g/mol. The van der Waals surface area contributed by atoms with Crippen LogP contribution in [-0.2, 0) is 11.0 Å². The zero-order valence-electron chi connectivity index (χ0n) is 12.4. The molecule has 0 saturated heterocycles. The second-order valence-corrected chi connectivity index (χ2v) is 7.64. The Morgan fingerprint density at radius 2 is 2.00 bits per heavy atom. The van der Waals surface area contributed by atoms with Gasteiger partial charge in [-0.2, -0.15) is 13.2 Å². The Balaban J connectivity index is 1.64. The number of carbonyl (C=O) groups is 1. The number of halogens is 4. The van der Waals surface area contributed by atoms with Gasteiger partial charge in [0.15, 0.2) is 4.34 Å². The number of hydrogen-bond acceptors (Lipinski definition) is 4. The van der Waals surface area contributed by atoms with Crippen LogP contribution in [0.5, 0.6) is 0 Å². The minimum absolute atomic E-state index is 0.0454. The van der Waals surface area contributed by atoms with Crippen molar-refractivity contribution in [2.75, 3.05) is 11.1 Å². The van der Waals surface area contributed by atoms with Gasteiger partial charge in [0.2, 0.25) is 5.91 Å². The maximum absolute atomic E-state index is 12.8. The number of hydrogen-bond donors (Lipinski definition) is 1. The summed E-state index contributed by atoms with van der Waals surface area (Å²) in [6.45, 7) is 0. The largest absolute Gasteiger partial charge is 0.417 e. The van der Waals surface area contributed by atoms with E-state index >= 15 is 0 Å². The molecule has 0 saturated carbocycles. The molecule has 25 heavy (non-hydrogen) atoms. The summed E-state index contributed by atoms with van der Waals surface area (Å²) in [6.07, 6.45) is -4.58. The zero-order chi connectivity index (χ0) is 18.0. The molecule has 3 aromatic rings. The smallest absolute Gasteiger partial charge is 0.325 e. The van der Waals surface area contributed by atoms with Crippen LogP contribution in [0.2, 0.25) is 5.02 Å². The molecule has 3 rings (SSSR count). The standard InChI is InChI=1S/C16H10ClF3N2OS2/c17-11-6-5-9(7-10(11)16(18,19)20)21-14(23)8-24-15-22-12-3-1-2-4-13(12)25-15/h1-7H,8H2,(H,21,23). The van der Waals surface area contributed by atoms with E-state index in [0.29, 0.717) is 0 Å². The molecule has 0 radical (unpaired) electrons. The topological polar surface area (TPSA) is 42.0 Å². The summed E-state index contributed by atoms with van der Waals surface area (Å²) in [5.41, 5.74) is -0.0830. The fourth-order valence-corrected chi connectivity index (χ4v) is 4.15. The van der Waals surface area contributed by atoms with Gasteiger partial charge in [0, 0.05) is 5.69 Å². The third-order valence-electron chi connectivity index (χ3n) is 3.16. The van der Waals surface area contributed by atoms with Crippen molar-refractivity contribution in [1.29, 1.82) is 0 Å². The van der Waals surface area contributed by atoms with Crippen molar-refractivity contribution in [3.8, 4) is 0 Å². The van der Waals surface area contributed by atoms with Crippen molar-refractivity contribution in [2.24, 2.45) is 0 Å². The lowest BCUT2D eigenvalue weighted by Gasteiger charge is -2.11. The van der Waals surface area contributed by atoms with Crippen LogP contribution in [-0.4, -0.2) is 16.6 Å². The summed E-state index contributed by atoms with van der Waals surface area (Å²) < 4.78 is 40.2. The number of anilines is 1. The molecule has 9 heteroatoms. The molecular formula is C16H10ClF3N2OS2. The maximum Gasteiger partial charge on any atom is 0.417 e. The van der Waals surface area contributed by atoms with Crippen LogP contribution < -0.4 is 5.32 Å². The average Bonchev–Trinajstić information content (AvgIpc) is 2.96. The Labute approximate surface area is 154 Å². The predicted molar refractivity (Wildman–Crippen MR) is 95.4 cm³/mol. The average molecular weight is 403 g/mol. The van der Waals surface area contributed by atoms with Crippen LogP contribution in [0, 0.1) is 0 Å². The van der Waals surface area contributed by atoms with Crippen LogP contribution in [0.4, 0.5) is 18.9 Å². The summed E-state index contributed by atoms with van der Waals surface area (Å²) in [4.78, 5) is 16.4. The van der Waals surface area contributed by atoms with Crippen LogP contribution >= 0.6 is 34.7 Å². The van der Waals surface area contributed by atoms with Gasteiger partial charge in [-0.05, 0) is 30.3 Å². The molecule has 0 atom stereocenters. The second-order valence-electron chi connectivity index (χ2n) is 4.98. The molecule has 1 heterocycles. The fraction of sp³-hybridized carbons (Fsp3) is 0.125. The van der Waals surface area contributed by atoms with Gasteiger partial charge in [-0.3, -0.25) is 4.79 Å². The number of para-hydroxylation sites is 1. The van der Waals surface area contributed by atoms with Crippen LogP contribution in [0.3, 0.4) is 0 Å². The fourth-order valence-electron chi connectivity index (χ4n) is 2.06. The highest BCUT2D eigenvalue weighted by Gasteiger charge is 2.33. The van der Waals surface area contributed by atoms with E-state index in [1.807, 2.05) is 24.3 Å². The number of fused-ring (bicyclic) bond motifs is 1. The number of carbonyl (C=O) groups excluding carboxylic acids is 1. The van der Waals surface area contributed by atoms with Crippen LogP contribution in [0.1, 0.15) is 5.56 Å². The van der Waals surface area contributed by atoms with Crippen molar-refractivity contribution in [2.45, 2.75) is 10.5 Å². The molecule has 1 aromatic heterocycles. The number of nitrogens with one attached hydrogen (secondary N) is 1. The summed E-state index contributed by atoms with van der Waals surface area (Å²) in [5.74, 6) is -0.372. The Kier molecular flexibility index (Phi) is 5.21.